The van der Waals surface area contributed by atoms with Crippen molar-refractivity contribution in [2.75, 3.05) is 6.61 Å². The molecule has 6 nitrogen and oxygen atoms in total. The molecule has 0 saturated carbocycles. The molecule has 1 unspecified atom stereocenters. The van der Waals surface area contributed by atoms with Gasteiger partial charge in [-0.15, -0.1) is 0 Å². The van der Waals surface area contributed by atoms with Crippen LogP contribution in [0, 0.1) is 0 Å². The Kier molecular flexibility index (Phi) is 4.94. The molecule has 2 N–H and O–H groups in total. The number of carbonyl (C=O) groups excluding carboxylic acids is 2. The first-order chi connectivity index (χ1) is 12.0. The van der Waals surface area contributed by atoms with Gasteiger partial charge >= 0.3 is 12.0 Å². The smallest absolute Gasteiger partial charge is 0.338 e. The van der Waals surface area contributed by atoms with Crippen molar-refractivity contribution in [1.29, 1.82) is 0 Å². The molecule has 25 heavy (non-hydrogen) atoms. The summed E-state index contributed by atoms with van der Waals surface area (Å²) in [7, 11) is 0. The van der Waals surface area contributed by atoms with Crippen LogP contribution in [0.3, 0.4) is 0 Å². The number of benzene rings is 1. The summed E-state index contributed by atoms with van der Waals surface area (Å²) in [6.07, 6.45) is 0. The number of hydrogen-bond acceptors (Lipinski definition) is 4. The van der Waals surface area contributed by atoms with E-state index >= 15 is 0 Å². The SMILES string of the molecule is CCOC(=O)C1=C(C)NC(=O)NC1c1ccc(-c2ccc(Br)cc2)o1. The molecule has 0 radical (unpaired) electrons. The zero-order valence-corrected chi connectivity index (χ0v) is 15.3. The fraction of sp³-hybridized carbons (Fsp3) is 0.222. The highest BCUT2D eigenvalue weighted by atomic mass is 79.9. The molecule has 0 saturated heterocycles. The first-order valence-electron chi connectivity index (χ1n) is 7.80. The molecule has 0 bridgehead atoms. The Labute approximate surface area is 153 Å². The average Bonchev–Trinajstić information content (AvgIpc) is 3.04. The molecule has 7 heteroatoms. The highest BCUT2D eigenvalue weighted by Gasteiger charge is 2.34. The molecule has 1 aliphatic rings. The summed E-state index contributed by atoms with van der Waals surface area (Å²) in [4.78, 5) is 24.1. The summed E-state index contributed by atoms with van der Waals surface area (Å²) < 4.78 is 12.0. The van der Waals surface area contributed by atoms with Crippen molar-refractivity contribution in [2.24, 2.45) is 0 Å². The molecule has 1 atom stereocenters. The van der Waals surface area contributed by atoms with Crippen LogP contribution >= 0.6 is 15.9 Å². The van der Waals surface area contributed by atoms with Gasteiger partial charge in [-0.3, -0.25) is 0 Å². The highest BCUT2D eigenvalue weighted by Crippen LogP contribution is 2.32. The van der Waals surface area contributed by atoms with Gasteiger partial charge in [-0.2, -0.15) is 0 Å². The lowest BCUT2D eigenvalue weighted by Gasteiger charge is -2.26. The molecule has 3 rings (SSSR count). The average molecular weight is 405 g/mol. The Hall–Kier alpha value is -2.54. The topological polar surface area (TPSA) is 80.6 Å². The monoisotopic (exact) mass is 404 g/mol. The minimum absolute atomic E-state index is 0.249. The zero-order valence-electron chi connectivity index (χ0n) is 13.8. The van der Waals surface area contributed by atoms with Crippen molar-refractivity contribution in [3.8, 4) is 11.3 Å². The Morgan fingerprint density at radius 1 is 1.24 bits per heavy atom. The van der Waals surface area contributed by atoms with Crippen molar-refractivity contribution in [3.63, 3.8) is 0 Å². The molecule has 0 spiro atoms. The number of carbonyl (C=O) groups is 2. The maximum atomic E-state index is 12.3. The predicted molar refractivity (Wildman–Crippen MR) is 95.6 cm³/mol. The zero-order chi connectivity index (χ0) is 18.0. The molecule has 1 aromatic heterocycles. The molecule has 2 amide bonds. The van der Waals surface area contributed by atoms with Crippen LogP contribution in [-0.2, 0) is 9.53 Å². The number of ether oxygens (including phenoxy) is 1. The van der Waals surface area contributed by atoms with E-state index in [1.807, 2.05) is 30.3 Å². The number of amides is 2. The minimum atomic E-state index is -0.697. The van der Waals surface area contributed by atoms with Gasteiger partial charge in [0.1, 0.15) is 17.6 Å². The quantitative estimate of drug-likeness (QED) is 0.757. The van der Waals surface area contributed by atoms with E-state index in [2.05, 4.69) is 26.6 Å². The van der Waals surface area contributed by atoms with Gasteiger partial charge in [-0.25, -0.2) is 9.59 Å². The van der Waals surface area contributed by atoms with E-state index in [0.717, 1.165) is 10.0 Å². The van der Waals surface area contributed by atoms with E-state index in [4.69, 9.17) is 9.15 Å². The maximum absolute atomic E-state index is 12.3. The van der Waals surface area contributed by atoms with Gasteiger partial charge < -0.3 is 19.8 Å². The second kappa shape index (κ2) is 7.14. The van der Waals surface area contributed by atoms with Gasteiger partial charge in [-0.05, 0) is 38.1 Å². The number of furan rings is 1. The predicted octanol–water partition coefficient (Wildman–Crippen LogP) is 3.90. The van der Waals surface area contributed by atoms with E-state index in [1.54, 1.807) is 19.9 Å². The number of halogens is 1. The van der Waals surface area contributed by atoms with Crippen LogP contribution in [0.2, 0.25) is 0 Å². The lowest BCUT2D eigenvalue weighted by atomic mass is 10.0. The van der Waals surface area contributed by atoms with Crippen molar-refractivity contribution in [3.05, 3.63) is 57.9 Å². The summed E-state index contributed by atoms with van der Waals surface area (Å²) in [5.41, 5.74) is 1.68. The normalized spacial score (nSPS) is 17.1. The largest absolute Gasteiger partial charge is 0.463 e. The number of nitrogens with one attached hydrogen (secondary N) is 2. The third-order valence-electron chi connectivity index (χ3n) is 3.80. The molecule has 2 aromatic rings. The van der Waals surface area contributed by atoms with E-state index < -0.39 is 18.0 Å². The molecular weight excluding hydrogens is 388 g/mol. The summed E-state index contributed by atoms with van der Waals surface area (Å²) in [5.74, 6) is 0.630. The summed E-state index contributed by atoms with van der Waals surface area (Å²) in [6.45, 7) is 3.64. The van der Waals surface area contributed by atoms with Crippen LogP contribution in [0.25, 0.3) is 11.3 Å². The highest BCUT2D eigenvalue weighted by molar-refractivity contribution is 9.10. The molecule has 0 fully saturated rings. The lowest BCUT2D eigenvalue weighted by Crippen LogP contribution is -2.45. The van der Waals surface area contributed by atoms with E-state index in [1.165, 1.54) is 0 Å². The molecule has 1 aromatic carbocycles. The van der Waals surface area contributed by atoms with Crippen LogP contribution in [-0.4, -0.2) is 18.6 Å². The van der Waals surface area contributed by atoms with Crippen molar-refractivity contribution >= 4 is 27.9 Å². The van der Waals surface area contributed by atoms with Gasteiger partial charge in [0.15, 0.2) is 0 Å². The lowest BCUT2D eigenvalue weighted by molar-refractivity contribution is -0.139. The van der Waals surface area contributed by atoms with Crippen molar-refractivity contribution in [2.45, 2.75) is 19.9 Å². The summed E-state index contributed by atoms with van der Waals surface area (Å²) >= 11 is 3.39. The van der Waals surface area contributed by atoms with Gasteiger partial charge in [0.05, 0.1) is 12.2 Å². The third-order valence-corrected chi connectivity index (χ3v) is 4.33. The van der Waals surface area contributed by atoms with E-state index in [-0.39, 0.29) is 6.61 Å². The minimum Gasteiger partial charge on any atom is -0.463 e. The fourth-order valence-corrected chi connectivity index (χ4v) is 2.93. The first kappa shape index (κ1) is 17.3. The Morgan fingerprint density at radius 3 is 2.64 bits per heavy atom. The van der Waals surface area contributed by atoms with Gasteiger partial charge in [-0.1, -0.05) is 28.1 Å². The van der Waals surface area contributed by atoms with Crippen LogP contribution in [0.5, 0.6) is 0 Å². The fourth-order valence-electron chi connectivity index (χ4n) is 2.66. The second-order valence-electron chi connectivity index (χ2n) is 5.50. The summed E-state index contributed by atoms with van der Waals surface area (Å²) in [6, 6.07) is 10.1. The molecule has 2 heterocycles. The Bertz CT molecular complexity index is 839. The number of hydrogen-bond donors (Lipinski definition) is 2. The number of rotatable bonds is 4. The third kappa shape index (κ3) is 3.61. The van der Waals surface area contributed by atoms with E-state index in [9.17, 15) is 9.59 Å². The molecule has 130 valence electrons. The molecule has 1 aliphatic heterocycles. The van der Waals surface area contributed by atoms with Gasteiger partial charge in [0.25, 0.3) is 0 Å². The number of esters is 1. The standard InChI is InChI=1S/C18H17BrN2O4/c1-3-24-17(22)15-10(2)20-18(23)21-16(15)14-9-8-13(25-14)11-4-6-12(19)7-5-11/h4-9,16H,3H2,1-2H3,(H2,20,21,23). The summed E-state index contributed by atoms with van der Waals surface area (Å²) in [5, 5.41) is 5.31. The van der Waals surface area contributed by atoms with Gasteiger partial charge in [0.2, 0.25) is 0 Å². The molecular formula is C18H17BrN2O4. The van der Waals surface area contributed by atoms with E-state index in [0.29, 0.717) is 22.8 Å². The number of allylic oxidation sites excluding steroid dienone is 1. The van der Waals surface area contributed by atoms with Crippen LogP contribution in [0.15, 0.2) is 56.6 Å². The van der Waals surface area contributed by atoms with Gasteiger partial charge in [0, 0.05) is 15.7 Å². The van der Waals surface area contributed by atoms with Crippen LogP contribution < -0.4 is 10.6 Å². The van der Waals surface area contributed by atoms with Crippen LogP contribution in [0.4, 0.5) is 4.79 Å². The van der Waals surface area contributed by atoms with Crippen molar-refractivity contribution < 1.29 is 18.7 Å². The number of urea groups is 1. The Morgan fingerprint density at radius 2 is 1.96 bits per heavy atom. The maximum Gasteiger partial charge on any atom is 0.338 e. The van der Waals surface area contributed by atoms with Crippen molar-refractivity contribution in [1.82, 2.24) is 10.6 Å². The second-order valence-corrected chi connectivity index (χ2v) is 6.42. The first-order valence-corrected chi connectivity index (χ1v) is 8.60. The van der Waals surface area contributed by atoms with Crippen LogP contribution in [0.1, 0.15) is 25.6 Å². The molecule has 0 aliphatic carbocycles. The Balaban J connectivity index is 1.96.